The van der Waals surface area contributed by atoms with Gasteiger partial charge in [0, 0.05) is 6.42 Å². The third-order valence-corrected chi connectivity index (χ3v) is 2.51. The molecule has 1 aliphatic heterocycles. The number of benzene rings is 1. The molecular formula is C12H13FO3. The van der Waals surface area contributed by atoms with Crippen LogP contribution in [0.4, 0.5) is 4.39 Å². The minimum atomic E-state index is -0.618. The third-order valence-electron chi connectivity index (χ3n) is 2.51. The molecule has 1 aliphatic rings. The highest BCUT2D eigenvalue weighted by atomic mass is 19.1. The van der Waals surface area contributed by atoms with E-state index in [2.05, 4.69) is 0 Å². The van der Waals surface area contributed by atoms with Crippen molar-refractivity contribution in [3.05, 3.63) is 35.1 Å². The summed E-state index contributed by atoms with van der Waals surface area (Å²) < 4.78 is 23.6. The Morgan fingerprint density at radius 1 is 1.56 bits per heavy atom. The van der Waals surface area contributed by atoms with Crippen LogP contribution in [0.25, 0.3) is 0 Å². The molecule has 1 saturated heterocycles. The molecule has 1 heterocycles. The number of halogens is 1. The highest BCUT2D eigenvalue weighted by molar-refractivity contribution is 5.89. The quantitative estimate of drug-likeness (QED) is 0.721. The number of esters is 1. The Morgan fingerprint density at radius 2 is 2.38 bits per heavy atom. The lowest BCUT2D eigenvalue weighted by atomic mass is 10.1. The molecule has 16 heavy (non-hydrogen) atoms. The molecule has 1 aromatic carbocycles. The minimum absolute atomic E-state index is 0.0162. The molecule has 0 aromatic heterocycles. The zero-order valence-electron chi connectivity index (χ0n) is 9.03. The first kappa shape index (κ1) is 11.1. The maximum Gasteiger partial charge on any atom is 0.341 e. The Morgan fingerprint density at radius 3 is 3.00 bits per heavy atom. The predicted molar refractivity (Wildman–Crippen MR) is 55.8 cm³/mol. The predicted octanol–water partition coefficient (Wildman–Crippen LogP) is 2.08. The van der Waals surface area contributed by atoms with E-state index in [1.807, 2.05) is 0 Å². The van der Waals surface area contributed by atoms with Crippen LogP contribution in [-0.4, -0.2) is 25.3 Å². The molecule has 0 radical (unpaired) electrons. The minimum Gasteiger partial charge on any atom is -0.456 e. The lowest BCUT2D eigenvalue weighted by Gasteiger charge is -2.10. The fraction of sp³-hybridized carbons (Fsp3) is 0.417. The van der Waals surface area contributed by atoms with Crippen molar-refractivity contribution < 1.29 is 18.7 Å². The van der Waals surface area contributed by atoms with E-state index < -0.39 is 11.8 Å². The molecule has 0 amide bonds. The Hall–Kier alpha value is -1.42. The van der Waals surface area contributed by atoms with Gasteiger partial charge in [-0.2, -0.15) is 0 Å². The summed E-state index contributed by atoms with van der Waals surface area (Å²) in [5, 5.41) is 0. The van der Waals surface area contributed by atoms with Gasteiger partial charge in [-0.25, -0.2) is 9.18 Å². The van der Waals surface area contributed by atoms with Crippen molar-refractivity contribution in [2.24, 2.45) is 0 Å². The van der Waals surface area contributed by atoms with E-state index in [1.54, 1.807) is 13.0 Å². The number of carbonyl (C=O) groups is 1. The van der Waals surface area contributed by atoms with Crippen LogP contribution in [0.2, 0.25) is 0 Å². The molecule has 1 atom stereocenters. The maximum absolute atomic E-state index is 13.4. The number of aryl methyl sites for hydroxylation is 1. The Kier molecular flexibility index (Phi) is 3.19. The summed E-state index contributed by atoms with van der Waals surface area (Å²) in [4.78, 5) is 11.6. The Bertz CT molecular complexity index is 397. The molecule has 0 bridgehead atoms. The van der Waals surface area contributed by atoms with E-state index in [-0.39, 0.29) is 11.7 Å². The molecule has 1 fully saturated rings. The van der Waals surface area contributed by atoms with Crippen molar-refractivity contribution in [3.8, 4) is 0 Å². The molecule has 3 nitrogen and oxygen atoms in total. The fourth-order valence-corrected chi connectivity index (χ4v) is 1.61. The van der Waals surface area contributed by atoms with Gasteiger partial charge in [0.25, 0.3) is 0 Å². The van der Waals surface area contributed by atoms with Gasteiger partial charge in [0.15, 0.2) is 0 Å². The van der Waals surface area contributed by atoms with Crippen LogP contribution in [0.1, 0.15) is 22.3 Å². The van der Waals surface area contributed by atoms with Crippen LogP contribution in [0.3, 0.4) is 0 Å². The molecule has 0 spiro atoms. The lowest BCUT2D eigenvalue weighted by molar-refractivity contribution is 0.0265. The van der Waals surface area contributed by atoms with Crippen LogP contribution in [0.5, 0.6) is 0 Å². The van der Waals surface area contributed by atoms with E-state index in [9.17, 15) is 9.18 Å². The maximum atomic E-state index is 13.4. The molecule has 86 valence electrons. The summed E-state index contributed by atoms with van der Waals surface area (Å²) in [6, 6.07) is 4.45. The lowest BCUT2D eigenvalue weighted by Crippen LogP contribution is -2.19. The van der Waals surface area contributed by atoms with Crippen molar-refractivity contribution in [2.75, 3.05) is 13.2 Å². The largest absolute Gasteiger partial charge is 0.456 e. The van der Waals surface area contributed by atoms with E-state index in [0.29, 0.717) is 19.6 Å². The summed E-state index contributed by atoms with van der Waals surface area (Å²) >= 11 is 0. The van der Waals surface area contributed by atoms with Crippen LogP contribution < -0.4 is 0 Å². The van der Waals surface area contributed by atoms with Crippen LogP contribution >= 0.6 is 0 Å². The number of hydrogen-bond donors (Lipinski definition) is 0. The van der Waals surface area contributed by atoms with E-state index in [1.165, 1.54) is 12.1 Å². The SMILES string of the molecule is Cc1ccc(C(=O)OC2CCOC2)c(F)c1. The van der Waals surface area contributed by atoms with Gasteiger partial charge in [-0.1, -0.05) is 6.07 Å². The second-order valence-corrected chi connectivity index (χ2v) is 3.87. The Balaban J connectivity index is 2.08. The van der Waals surface area contributed by atoms with Gasteiger partial charge >= 0.3 is 5.97 Å². The molecule has 2 rings (SSSR count). The van der Waals surface area contributed by atoms with Gasteiger partial charge in [0.1, 0.15) is 11.9 Å². The third kappa shape index (κ3) is 2.39. The first-order valence-corrected chi connectivity index (χ1v) is 5.21. The number of hydrogen-bond acceptors (Lipinski definition) is 3. The van der Waals surface area contributed by atoms with Crippen molar-refractivity contribution in [1.82, 2.24) is 0 Å². The number of ether oxygens (including phenoxy) is 2. The summed E-state index contributed by atoms with van der Waals surface area (Å²) in [5.74, 6) is -1.16. The zero-order chi connectivity index (χ0) is 11.5. The topological polar surface area (TPSA) is 35.5 Å². The summed E-state index contributed by atoms with van der Waals surface area (Å²) in [6.07, 6.45) is 0.437. The molecular weight excluding hydrogens is 211 g/mol. The standard InChI is InChI=1S/C12H13FO3/c1-8-2-3-10(11(13)6-8)12(14)16-9-4-5-15-7-9/h2-3,6,9H,4-5,7H2,1H3. The highest BCUT2D eigenvalue weighted by Gasteiger charge is 2.22. The van der Waals surface area contributed by atoms with Gasteiger partial charge in [-0.15, -0.1) is 0 Å². The number of carbonyl (C=O) groups excluding carboxylic acids is 1. The van der Waals surface area contributed by atoms with E-state index >= 15 is 0 Å². The normalized spacial score (nSPS) is 19.8. The summed E-state index contributed by atoms with van der Waals surface area (Å²) in [7, 11) is 0. The van der Waals surface area contributed by atoms with Crippen LogP contribution in [0, 0.1) is 12.7 Å². The van der Waals surface area contributed by atoms with Crippen LogP contribution in [-0.2, 0) is 9.47 Å². The van der Waals surface area contributed by atoms with Crippen molar-refractivity contribution in [3.63, 3.8) is 0 Å². The monoisotopic (exact) mass is 224 g/mol. The van der Waals surface area contributed by atoms with Gasteiger partial charge < -0.3 is 9.47 Å². The first-order chi connectivity index (χ1) is 7.66. The van der Waals surface area contributed by atoms with Gasteiger partial charge in [0.2, 0.25) is 0 Å². The van der Waals surface area contributed by atoms with E-state index in [0.717, 1.165) is 5.56 Å². The van der Waals surface area contributed by atoms with Crippen molar-refractivity contribution in [1.29, 1.82) is 0 Å². The Labute approximate surface area is 93.2 Å². The molecule has 4 heteroatoms. The highest BCUT2D eigenvalue weighted by Crippen LogP contribution is 2.15. The van der Waals surface area contributed by atoms with Gasteiger partial charge in [-0.3, -0.25) is 0 Å². The zero-order valence-corrected chi connectivity index (χ0v) is 9.03. The summed E-state index contributed by atoms with van der Waals surface area (Å²) in [5.41, 5.74) is 0.760. The molecule has 1 aromatic rings. The average Bonchev–Trinajstić information content (AvgIpc) is 2.70. The summed E-state index contributed by atoms with van der Waals surface area (Å²) in [6.45, 7) is 2.76. The first-order valence-electron chi connectivity index (χ1n) is 5.21. The van der Waals surface area contributed by atoms with Crippen molar-refractivity contribution in [2.45, 2.75) is 19.4 Å². The van der Waals surface area contributed by atoms with Gasteiger partial charge in [-0.05, 0) is 24.6 Å². The van der Waals surface area contributed by atoms with Gasteiger partial charge in [0.05, 0.1) is 18.8 Å². The van der Waals surface area contributed by atoms with Crippen molar-refractivity contribution >= 4 is 5.97 Å². The second-order valence-electron chi connectivity index (χ2n) is 3.87. The molecule has 0 aliphatic carbocycles. The second kappa shape index (κ2) is 4.61. The number of rotatable bonds is 2. The van der Waals surface area contributed by atoms with E-state index in [4.69, 9.17) is 9.47 Å². The molecule has 1 unspecified atom stereocenters. The molecule has 0 N–H and O–H groups in total. The van der Waals surface area contributed by atoms with Crippen LogP contribution in [0.15, 0.2) is 18.2 Å². The molecule has 0 saturated carbocycles. The smallest absolute Gasteiger partial charge is 0.341 e. The average molecular weight is 224 g/mol. The fourth-order valence-electron chi connectivity index (χ4n) is 1.61.